The average molecular weight is 257 g/mol. The van der Waals surface area contributed by atoms with Gasteiger partial charge in [0.25, 0.3) is 0 Å². The normalized spacial score (nSPS) is 10.3. The van der Waals surface area contributed by atoms with Crippen molar-refractivity contribution in [2.45, 2.75) is 0 Å². The van der Waals surface area contributed by atoms with E-state index in [2.05, 4.69) is 0 Å². The van der Waals surface area contributed by atoms with Gasteiger partial charge in [-0.3, -0.25) is 0 Å². The van der Waals surface area contributed by atoms with E-state index >= 15 is 0 Å². The number of methoxy groups -OCH3 is 1. The lowest BCUT2D eigenvalue weighted by atomic mass is 10.2. The molecule has 1 aromatic rings. The van der Waals surface area contributed by atoms with Crippen LogP contribution >= 0.6 is 0 Å². The maximum atomic E-state index is 12.9. The van der Waals surface area contributed by atoms with Crippen LogP contribution in [-0.2, 0) is 14.2 Å². The van der Waals surface area contributed by atoms with E-state index in [1.807, 2.05) is 0 Å². The number of esters is 1. The van der Waals surface area contributed by atoms with Crippen LogP contribution in [0.15, 0.2) is 18.2 Å². The van der Waals surface area contributed by atoms with Crippen molar-refractivity contribution in [1.29, 1.82) is 0 Å². The molecular formula is C12H16FNO4. The smallest absolute Gasteiger partial charge is 0.340 e. The standard InChI is InChI=1S/C12H16FNO4/c1-16-4-5-17-6-7-18-12(15)10-8-9(13)2-3-11(10)14/h2-3,8H,4-7,14H2,1H3. The number of hydrogen-bond donors (Lipinski definition) is 1. The number of anilines is 1. The number of nitrogens with two attached hydrogens (primary N) is 1. The van der Waals surface area contributed by atoms with Gasteiger partial charge in [-0.15, -0.1) is 0 Å². The molecule has 1 rings (SSSR count). The zero-order valence-electron chi connectivity index (χ0n) is 10.1. The summed E-state index contributed by atoms with van der Waals surface area (Å²) >= 11 is 0. The number of benzene rings is 1. The van der Waals surface area contributed by atoms with Crippen LogP contribution in [0.1, 0.15) is 10.4 Å². The maximum Gasteiger partial charge on any atom is 0.340 e. The molecule has 0 spiro atoms. The first-order valence-electron chi connectivity index (χ1n) is 5.44. The minimum atomic E-state index is -0.664. The zero-order valence-corrected chi connectivity index (χ0v) is 10.1. The fourth-order valence-electron chi connectivity index (χ4n) is 1.22. The summed E-state index contributed by atoms with van der Waals surface area (Å²) in [5, 5.41) is 0. The Morgan fingerprint density at radius 1 is 1.28 bits per heavy atom. The largest absolute Gasteiger partial charge is 0.460 e. The minimum absolute atomic E-state index is 0.0203. The highest BCUT2D eigenvalue weighted by Crippen LogP contribution is 2.14. The molecule has 0 fully saturated rings. The highest BCUT2D eigenvalue weighted by Gasteiger charge is 2.11. The Morgan fingerprint density at radius 3 is 2.72 bits per heavy atom. The van der Waals surface area contributed by atoms with Crippen molar-refractivity contribution in [3.8, 4) is 0 Å². The van der Waals surface area contributed by atoms with Gasteiger partial charge in [-0.2, -0.15) is 0 Å². The number of carbonyl (C=O) groups is 1. The fourth-order valence-corrected chi connectivity index (χ4v) is 1.22. The highest BCUT2D eigenvalue weighted by molar-refractivity contribution is 5.95. The summed E-state index contributed by atoms with van der Waals surface area (Å²) < 4.78 is 27.7. The van der Waals surface area contributed by atoms with Crippen LogP contribution in [-0.4, -0.2) is 39.5 Å². The van der Waals surface area contributed by atoms with Crippen molar-refractivity contribution < 1.29 is 23.4 Å². The van der Waals surface area contributed by atoms with Gasteiger partial charge in [0, 0.05) is 12.8 Å². The van der Waals surface area contributed by atoms with E-state index in [0.717, 1.165) is 6.07 Å². The van der Waals surface area contributed by atoms with Crippen LogP contribution in [0.5, 0.6) is 0 Å². The number of carbonyl (C=O) groups excluding carboxylic acids is 1. The highest BCUT2D eigenvalue weighted by atomic mass is 19.1. The Labute approximate surface area is 105 Å². The third-order valence-corrected chi connectivity index (χ3v) is 2.13. The Hall–Kier alpha value is -1.66. The first-order chi connectivity index (χ1) is 8.65. The van der Waals surface area contributed by atoms with E-state index < -0.39 is 11.8 Å². The molecule has 2 N–H and O–H groups in total. The molecule has 100 valence electrons. The lowest BCUT2D eigenvalue weighted by Crippen LogP contribution is -2.14. The van der Waals surface area contributed by atoms with Crippen molar-refractivity contribution in [3.63, 3.8) is 0 Å². The fraction of sp³-hybridized carbons (Fsp3) is 0.417. The summed E-state index contributed by atoms with van der Waals surface area (Å²) in [6.07, 6.45) is 0. The predicted octanol–water partition coefficient (Wildman–Crippen LogP) is 1.23. The summed E-state index contributed by atoms with van der Waals surface area (Å²) in [7, 11) is 1.57. The number of hydrogen-bond acceptors (Lipinski definition) is 5. The first-order valence-corrected chi connectivity index (χ1v) is 5.44. The van der Waals surface area contributed by atoms with Gasteiger partial charge in [-0.25, -0.2) is 9.18 Å². The molecule has 18 heavy (non-hydrogen) atoms. The van der Waals surface area contributed by atoms with E-state index in [-0.39, 0.29) is 24.5 Å². The topological polar surface area (TPSA) is 70.8 Å². The van der Waals surface area contributed by atoms with Crippen molar-refractivity contribution in [1.82, 2.24) is 0 Å². The van der Waals surface area contributed by atoms with Gasteiger partial charge in [-0.05, 0) is 18.2 Å². The van der Waals surface area contributed by atoms with Crippen LogP contribution in [0, 0.1) is 5.82 Å². The summed E-state index contributed by atoms with van der Waals surface area (Å²) in [6.45, 7) is 1.24. The van der Waals surface area contributed by atoms with Gasteiger partial charge in [-0.1, -0.05) is 0 Å². The lowest BCUT2D eigenvalue weighted by molar-refractivity contribution is 0.0214. The summed E-state index contributed by atoms with van der Waals surface area (Å²) in [6, 6.07) is 3.55. The minimum Gasteiger partial charge on any atom is -0.460 e. The third kappa shape index (κ3) is 4.68. The molecule has 5 nitrogen and oxygen atoms in total. The van der Waals surface area contributed by atoms with Crippen LogP contribution in [0.4, 0.5) is 10.1 Å². The van der Waals surface area contributed by atoms with E-state index in [0.29, 0.717) is 13.2 Å². The molecule has 0 aromatic heterocycles. The molecule has 0 radical (unpaired) electrons. The second-order valence-electron chi connectivity index (χ2n) is 3.47. The molecule has 0 bridgehead atoms. The molecule has 0 aliphatic carbocycles. The molecule has 0 heterocycles. The van der Waals surface area contributed by atoms with Crippen molar-refractivity contribution in [3.05, 3.63) is 29.6 Å². The van der Waals surface area contributed by atoms with Crippen molar-refractivity contribution in [2.75, 3.05) is 39.3 Å². The molecule has 0 atom stereocenters. The number of ether oxygens (including phenoxy) is 3. The van der Waals surface area contributed by atoms with Crippen LogP contribution in [0.25, 0.3) is 0 Å². The van der Waals surface area contributed by atoms with Gasteiger partial charge in [0.1, 0.15) is 12.4 Å². The summed E-state index contributed by atoms with van der Waals surface area (Å²) in [4.78, 5) is 11.6. The van der Waals surface area contributed by atoms with Gasteiger partial charge in [0.15, 0.2) is 0 Å². The average Bonchev–Trinajstić information content (AvgIpc) is 2.36. The molecule has 0 aliphatic heterocycles. The molecule has 1 aromatic carbocycles. The van der Waals surface area contributed by atoms with E-state index in [1.165, 1.54) is 12.1 Å². The first kappa shape index (κ1) is 14.4. The molecule has 0 amide bonds. The summed E-state index contributed by atoms with van der Waals surface area (Å²) in [5.41, 5.74) is 5.75. The molecule has 0 unspecified atom stereocenters. The van der Waals surface area contributed by atoms with Crippen molar-refractivity contribution in [2.24, 2.45) is 0 Å². The second-order valence-corrected chi connectivity index (χ2v) is 3.47. The molecule has 6 heteroatoms. The maximum absolute atomic E-state index is 12.9. The Morgan fingerprint density at radius 2 is 2.00 bits per heavy atom. The summed E-state index contributed by atoms with van der Waals surface area (Å²) in [5.74, 6) is -1.20. The number of rotatable bonds is 7. The molecule has 0 saturated heterocycles. The van der Waals surface area contributed by atoms with Crippen molar-refractivity contribution >= 4 is 11.7 Å². The van der Waals surface area contributed by atoms with Crippen LogP contribution in [0.2, 0.25) is 0 Å². The monoisotopic (exact) mass is 257 g/mol. The lowest BCUT2D eigenvalue weighted by Gasteiger charge is -2.07. The SMILES string of the molecule is COCCOCCOC(=O)c1cc(F)ccc1N. The quantitative estimate of drug-likeness (QED) is 0.452. The second kappa shape index (κ2) is 7.62. The number of halogens is 1. The van der Waals surface area contributed by atoms with Gasteiger partial charge >= 0.3 is 5.97 Å². The van der Waals surface area contributed by atoms with Crippen LogP contribution in [0.3, 0.4) is 0 Å². The Bertz CT molecular complexity index is 398. The molecular weight excluding hydrogens is 241 g/mol. The van der Waals surface area contributed by atoms with Gasteiger partial charge < -0.3 is 19.9 Å². The number of nitrogen functional groups attached to an aromatic ring is 1. The third-order valence-electron chi connectivity index (χ3n) is 2.13. The Balaban J connectivity index is 2.34. The molecule has 0 saturated carbocycles. The van der Waals surface area contributed by atoms with Gasteiger partial charge in [0.05, 0.1) is 25.4 Å². The molecule has 0 aliphatic rings. The van der Waals surface area contributed by atoms with E-state index in [9.17, 15) is 9.18 Å². The Kier molecular flexibility index (Phi) is 6.10. The van der Waals surface area contributed by atoms with E-state index in [1.54, 1.807) is 7.11 Å². The predicted molar refractivity (Wildman–Crippen MR) is 63.8 cm³/mol. The van der Waals surface area contributed by atoms with E-state index in [4.69, 9.17) is 19.9 Å². The van der Waals surface area contributed by atoms with Gasteiger partial charge in [0.2, 0.25) is 0 Å². The van der Waals surface area contributed by atoms with Crippen LogP contribution < -0.4 is 5.73 Å². The zero-order chi connectivity index (χ0) is 13.4.